The average Bonchev–Trinajstić information content (AvgIpc) is 2.79. The molecule has 0 bridgehead atoms. The fourth-order valence-electron chi connectivity index (χ4n) is 4.07. The van der Waals surface area contributed by atoms with Crippen LogP contribution in [0.1, 0.15) is 73.1 Å². The van der Waals surface area contributed by atoms with E-state index in [9.17, 15) is 24.3 Å². The molecule has 9 heteroatoms. The van der Waals surface area contributed by atoms with Crippen molar-refractivity contribution >= 4 is 23.7 Å². The number of cyclic esters (lactones) is 1. The SMILES string of the molecule is C=C1/C=C\C(=O)N[C@@H](C)C(=O)N[C@H](C(C)C)C(=O)OC(C(CCO)C(C)CCCCCC)C(=O)N1. The van der Waals surface area contributed by atoms with E-state index in [1.165, 1.54) is 19.1 Å². The Hall–Kier alpha value is -2.68. The van der Waals surface area contributed by atoms with E-state index in [-0.39, 0.29) is 30.6 Å². The molecule has 0 spiro atoms. The monoisotopic (exact) mass is 493 g/mol. The predicted molar refractivity (Wildman–Crippen MR) is 134 cm³/mol. The highest BCUT2D eigenvalue weighted by Crippen LogP contribution is 2.28. The standard InChI is InChI=1S/C26H43N3O6/c1-7-8-9-10-11-17(4)20(14-15-30)23-25(33)27-18(5)12-13-21(31)28-19(6)24(32)29-22(16(2)3)26(34)35-23/h12-13,16-17,19-20,22-23,30H,5,7-11,14-15H2,1-4,6H3,(H,27,33)(H,28,31)(H,29,32)/b13-12-/t17?,19-,20?,22+,23?/m0/s1. The summed E-state index contributed by atoms with van der Waals surface area (Å²) >= 11 is 0. The average molecular weight is 494 g/mol. The third-order valence-corrected chi connectivity index (χ3v) is 6.29. The van der Waals surface area contributed by atoms with Crippen molar-refractivity contribution in [2.24, 2.45) is 17.8 Å². The highest BCUT2D eigenvalue weighted by atomic mass is 16.6. The van der Waals surface area contributed by atoms with Crippen molar-refractivity contribution in [3.63, 3.8) is 0 Å². The van der Waals surface area contributed by atoms with Gasteiger partial charge in [-0.05, 0) is 31.3 Å². The first-order chi connectivity index (χ1) is 16.5. The van der Waals surface area contributed by atoms with E-state index in [4.69, 9.17) is 4.74 Å². The third kappa shape index (κ3) is 10.2. The zero-order valence-electron chi connectivity index (χ0n) is 21.8. The summed E-state index contributed by atoms with van der Waals surface area (Å²) in [5.74, 6) is -3.21. The molecule has 0 radical (unpaired) electrons. The van der Waals surface area contributed by atoms with Crippen molar-refractivity contribution in [2.75, 3.05) is 6.61 Å². The first kappa shape index (κ1) is 30.4. The van der Waals surface area contributed by atoms with Gasteiger partial charge in [0.1, 0.15) is 12.1 Å². The predicted octanol–water partition coefficient (Wildman–Crippen LogP) is 2.35. The van der Waals surface area contributed by atoms with Gasteiger partial charge in [-0.1, -0.05) is 66.4 Å². The van der Waals surface area contributed by atoms with E-state index in [1.807, 2.05) is 6.92 Å². The van der Waals surface area contributed by atoms with Crippen LogP contribution < -0.4 is 16.0 Å². The number of carbonyl (C=O) groups is 4. The number of aliphatic hydroxyl groups excluding tert-OH is 1. The van der Waals surface area contributed by atoms with E-state index >= 15 is 0 Å². The van der Waals surface area contributed by atoms with Crippen molar-refractivity contribution in [3.05, 3.63) is 24.4 Å². The molecule has 0 aromatic heterocycles. The van der Waals surface area contributed by atoms with E-state index in [2.05, 4.69) is 29.5 Å². The largest absolute Gasteiger partial charge is 0.450 e. The minimum absolute atomic E-state index is 0.0110. The zero-order chi connectivity index (χ0) is 26.5. The lowest BCUT2D eigenvalue weighted by molar-refractivity contribution is -0.164. The first-order valence-electron chi connectivity index (χ1n) is 12.6. The third-order valence-electron chi connectivity index (χ3n) is 6.29. The van der Waals surface area contributed by atoms with Gasteiger partial charge in [0.25, 0.3) is 5.91 Å². The molecule has 4 N–H and O–H groups in total. The smallest absolute Gasteiger partial charge is 0.329 e. The second kappa shape index (κ2) is 15.3. The van der Waals surface area contributed by atoms with Crippen molar-refractivity contribution < 1.29 is 29.0 Å². The fourth-order valence-corrected chi connectivity index (χ4v) is 4.07. The maximum absolute atomic E-state index is 13.3. The second-order valence-corrected chi connectivity index (χ2v) is 9.67. The van der Waals surface area contributed by atoms with Gasteiger partial charge in [-0.3, -0.25) is 14.4 Å². The number of rotatable bonds is 10. The number of esters is 1. The molecule has 1 rings (SSSR count). The maximum Gasteiger partial charge on any atom is 0.329 e. The van der Waals surface area contributed by atoms with Crippen molar-refractivity contribution in [3.8, 4) is 0 Å². The van der Waals surface area contributed by atoms with Gasteiger partial charge in [0.05, 0.1) is 0 Å². The molecular formula is C26H43N3O6. The molecule has 1 aliphatic heterocycles. The number of carbonyl (C=O) groups excluding carboxylic acids is 4. The van der Waals surface area contributed by atoms with Crippen LogP contribution in [0.3, 0.4) is 0 Å². The highest BCUT2D eigenvalue weighted by Gasteiger charge is 2.38. The molecule has 3 amide bonds. The minimum atomic E-state index is -1.20. The van der Waals surface area contributed by atoms with Gasteiger partial charge in [0.15, 0.2) is 6.10 Å². The summed E-state index contributed by atoms with van der Waals surface area (Å²) in [4.78, 5) is 51.3. The Balaban J connectivity index is 3.32. The Labute approximate surface area is 209 Å². The van der Waals surface area contributed by atoms with E-state index in [1.54, 1.807) is 13.8 Å². The molecule has 0 aromatic carbocycles. The Bertz CT molecular complexity index is 779. The summed E-state index contributed by atoms with van der Waals surface area (Å²) in [6.45, 7) is 12.7. The lowest BCUT2D eigenvalue weighted by atomic mass is 9.82. The number of nitrogens with one attached hydrogen (secondary N) is 3. The molecule has 1 aliphatic rings. The molecule has 5 atom stereocenters. The van der Waals surface area contributed by atoms with Crippen molar-refractivity contribution in [2.45, 2.75) is 91.3 Å². The number of amides is 3. The lowest BCUT2D eigenvalue weighted by Crippen LogP contribution is -2.54. The Morgan fingerprint density at radius 3 is 2.29 bits per heavy atom. The molecule has 0 saturated heterocycles. The quantitative estimate of drug-likeness (QED) is 0.273. The number of hydrogen-bond donors (Lipinski definition) is 4. The van der Waals surface area contributed by atoms with Crippen LogP contribution in [0.25, 0.3) is 0 Å². The Morgan fingerprint density at radius 1 is 1.00 bits per heavy atom. The number of hydrogen-bond acceptors (Lipinski definition) is 6. The molecule has 3 unspecified atom stereocenters. The van der Waals surface area contributed by atoms with Gasteiger partial charge in [-0.15, -0.1) is 0 Å². The van der Waals surface area contributed by atoms with Crippen LogP contribution in [0.5, 0.6) is 0 Å². The topological polar surface area (TPSA) is 134 Å². The van der Waals surface area contributed by atoms with Gasteiger partial charge in [0, 0.05) is 24.3 Å². The van der Waals surface area contributed by atoms with E-state index < -0.39 is 47.8 Å². The maximum atomic E-state index is 13.3. The van der Waals surface area contributed by atoms with Gasteiger partial charge in [0.2, 0.25) is 11.8 Å². The van der Waals surface area contributed by atoms with Crippen LogP contribution in [0.4, 0.5) is 0 Å². The molecular weight excluding hydrogens is 450 g/mol. The molecule has 0 saturated carbocycles. The van der Waals surface area contributed by atoms with Crippen LogP contribution in [-0.4, -0.2) is 53.6 Å². The second-order valence-electron chi connectivity index (χ2n) is 9.67. The summed E-state index contributed by atoms with van der Waals surface area (Å²) < 4.78 is 5.77. The van der Waals surface area contributed by atoms with Crippen molar-refractivity contribution in [1.82, 2.24) is 16.0 Å². The van der Waals surface area contributed by atoms with Crippen LogP contribution in [0, 0.1) is 17.8 Å². The van der Waals surface area contributed by atoms with E-state index in [0.717, 1.165) is 32.1 Å². The summed E-state index contributed by atoms with van der Waals surface area (Å²) in [5.41, 5.74) is 0.138. The van der Waals surface area contributed by atoms with Crippen LogP contribution >= 0.6 is 0 Å². The van der Waals surface area contributed by atoms with Gasteiger partial charge in [-0.2, -0.15) is 0 Å². The minimum Gasteiger partial charge on any atom is -0.450 e. The number of allylic oxidation sites excluding steroid dienone is 1. The van der Waals surface area contributed by atoms with E-state index in [0.29, 0.717) is 0 Å². The molecule has 0 fully saturated rings. The number of aliphatic hydroxyl groups is 1. The van der Waals surface area contributed by atoms with Gasteiger partial charge in [-0.25, -0.2) is 4.79 Å². The lowest BCUT2D eigenvalue weighted by Gasteiger charge is -2.32. The molecule has 0 aliphatic carbocycles. The van der Waals surface area contributed by atoms with Crippen molar-refractivity contribution in [1.29, 1.82) is 0 Å². The summed E-state index contributed by atoms with van der Waals surface area (Å²) in [5, 5.41) is 17.5. The fraction of sp³-hybridized carbons (Fsp3) is 0.692. The Morgan fingerprint density at radius 2 is 1.69 bits per heavy atom. The van der Waals surface area contributed by atoms with Gasteiger partial charge < -0.3 is 25.8 Å². The molecule has 35 heavy (non-hydrogen) atoms. The summed E-state index contributed by atoms with van der Waals surface area (Å²) in [6, 6.07) is -1.92. The highest BCUT2D eigenvalue weighted by molar-refractivity contribution is 5.95. The molecule has 1 heterocycles. The van der Waals surface area contributed by atoms with Crippen LogP contribution in [0.2, 0.25) is 0 Å². The zero-order valence-corrected chi connectivity index (χ0v) is 21.8. The van der Waals surface area contributed by atoms with Crippen LogP contribution in [0.15, 0.2) is 24.4 Å². The molecule has 0 aromatic rings. The summed E-state index contributed by atoms with van der Waals surface area (Å²) in [7, 11) is 0. The van der Waals surface area contributed by atoms with Gasteiger partial charge >= 0.3 is 5.97 Å². The first-order valence-corrected chi connectivity index (χ1v) is 12.6. The Kier molecular flexibility index (Phi) is 13.3. The number of unbranched alkanes of at least 4 members (excludes halogenated alkanes) is 3. The summed E-state index contributed by atoms with van der Waals surface area (Å²) in [6.07, 6.45) is 6.60. The van der Waals surface area contributed by atoms with Crippen LogP contribution in [-0.2, 0) is 23.9 Å². The molecule has 198 valence electrons. The number of ether oxygens (including phenoxy) is 1. The molecule has 9 nitrogen and oxygen atoms in total. The normalized spacial score (nSPS) is 25.1.